The number of aromatic nitrogens is 2. The van der Waals surface area contributed by atoms with Crippen LogP contribution in [0.2, 0.25) is 10.0 Å². The molecule has 0 aliphatic heterocycles. The number of rotatable bonds is 2. The Kier molecular flexibility index (Phi) is 3.34. The average molecular weight is 307 g/mol. The molecule has 0 atom stereocenters. The third kappa shape index (κ3) is 2.35. The fourth-order valence-corrected chi connectivity index (χ4v) is 2.04. The Hall–Kier alpha value is -2.04. The van der Waals surface area contributed by atoms with Crippen molar-refractivity contribution in [3.05, 3.63) is 63.8 Å². The molecule has 2 aromatic carbocycles. The first-order valence-electron chi connectivity index (χ1n) is 5.76. The third-order valence-electron chi connectivity index (χ3n) is 2.79. The maximum atomic E-state index is 12.2. The summed E-state index contributed by atoms with van der Waals surface area (Å²) >= 11 is 11.6. The molecule has 1 aromatic heterocycles. The summed E-state index contributed by atoms with van der Waals surface area (Å²) < 4.78 is 5.78. The lowest BCUT2D eigenvalue weighted by atomic mass is 10.2. The summed E-state index contributed by atoms with van der Waals surface area (Å²) in [4.78, 5) is 0. The molecule has 100 valence electrons. The molecule has 4 nitrogen and oxygen atoms in total. The summed E-state index contributed by atoms with van der Waals surface area (Å²) in [5, 5.41) is 17.2. The van der Waals surface area contributed by atoms with E-state index in [9.17, 15) is 5.21 Å². The van der Waals surface area contributed by atoms with Gasteiger partial charge in [-0.15, -0.1) is 0 Å². The molecular formula is C14H8Cl2N2O2. The van der Waals surface area contributed by atoms with Crippen LogP contribution in [0.5, 0.6) is 0 Å². The predicted molar refractivity (Wildman–Crippen MR) is 76.4 cm³/mol. The van der Waals surface area contributed by atoms with E-state index in [2.05, 4.69) is 5.16 Å². The first-order chi connectivity index (χ1) is 9.65. The van der Waals surface area contributed by atoms with E-state index in [1.165, 1.54) is 0 Å². The molecule has 1 heterocycles. The molecule has 3 rings (SSSR count). The van der Waals surface area contributed by atoms with Crippen molar-refractivity contribution < 1.29 is 9.25 Å². The van der Waals surface area contributed by atoms with Crippen molar-refractivity contribution in [3.63, 3.8) is 0 Å². The Balaban J connectivity index is 2.04. The molecule has 0 radical (unpaired) electrons. The molecule has 0 saturated heterocycles. The van der Waals surface area contributed by atoms with Crippen molar-refractivity contribution in [2.45, 2.75) is 0 Å². The van der Waals surface area contributed by atoms with Crippen LogP contribution in [0.1, 0.15) is 0 Å². The second kappa shape index (κ2) is 5.15. The van der Waals surface area contributed by atoms with Crippen LogP contribution in [0.15, 0.2) is 53.1 Å². The first-order valence-corrected chi connectivity index (χ1v) is 6.52. The molecule has 0 amide bonds. The fraction of sp³-hybridized carbons (Fsp3) is 0. The molecule has 0 saturated carbocycles. The van der Waals surface area contributed by atoms with Gasteiger partial charge in [0.15, 0.2) is 5.16 Å². The normalized spacial score (nSPS) is 10.7. The molecule has 6 heteroatoms. The van der Waals surface area contributed by atoms with Crippen LogP contribution in [0.25, 0.3) is 22.8 Å². The highest BCUT2D eigenvalue weighted by Crippen LogP contribution is 2.22. The highest BCUT2D eigenvalue weighted by atomic mass is 35.5. The summed E-state index contributed by atoms with van der Waals surface area (Å²) in [6, 6.07) is 13.6. The standard InChI is InChI=1S/C14H8Cl2N2O2/c15-11-5-1-9(2-6-11)13-17-20-14(18(13)19)10-3-7-12(16)8-4-10/h1-8H. The summed E-state index contributed by atoms with van der Waals surface area (Å²) in [5.74, 6) is 0.304. The van der Waals surface area contributed by atoms with E-state index in [1.54, 1.807) is 48.5 Å². The lowest BCUT2D eigenvalue weighted by Crippen LogP contribution is -2.29. The van der Waals surface area contributed by atoms with Crippen LogP contribution < -0.4 is 4.73 Å². The van der Waals surface area contributed by atoms with E-state index in [-0.39, 0.29) is 11.7 Å². The topological polar surface area (TPSA) is 53.0 Å². The Bertz CT molecular complexity index is 674. The summed E-state index contributed by atoms with van der Waals surface area (Å²) in [6.07, 6.45) is 0. The number of hydrogen-bond acceptors (Lipinski definition) is 3. The Morgan fingerprint density at radius 1 is 0.850 bits per heavy atom. The van der Waals surface area contributed by atoms with Crippen molar-refractivity contribution in [2.24, 2.45) is 0 Å². The molecule has 0 unspecified atom stereocenters. The Morgan fingerprint density at radius 3 is 1.90 bits per heavy atom. The molecule has 0 aliphatic rings. The minimum absolute atomic E-state index is 0.117. The summed E-state index contributed by atoms with van der Waals surface area (Å²) in [5.41, 5.74) is 1.24. The smallest absolute Gasteiger partial charge is 0.383 e. The SMILES string of the molecule is [O-][n+]1c(-c2ccc(Cl)cc2)noc1-c1ccc(Cl)cc1. The van der Waals surface area contributed by atoms with Gasteiger partial charge in [-0.2, -0.15) is 4.73 Å². The minimum Gasteiger partial charge on any atom is -0.708 e. The van der Waals surface area contributed by atoms with E-state index in [0.717, 1.165) is 0 Å². The number of hydrogen-bond donors (Lipinski definition) is 0. The quantitative estimate of drug-likeness (QED) is 0.532. The zero-order chi connectivity index (χ0) is 14.1. The zero-order valence-corrected chi connectivity index (χ0v) is 11.6. The number of benzene rings is 2. The van der Waals surface area contributed by atoms with Crippen molar-refractivity contribution in [3.8, 4) is 22.8 Å². The van der Waals surface area contributed by atoms with Gasteiger partial charge in [0.2, 0.25) is 0 Å². The monoisotopic (exact) mass is 306 g/mol. The Morgan fingerprint density at radius 2 is 1.35 bits per heavy atom. The third-order valence-corrected chi connectivity index (χ3v) is 3.29. The number of halogens is 2. The van der Waals surface area contributed by atoms with E-state index in [0.29, 0.717) is 25.9 Å². The first kappa shape index (κ1) is 13.0. The molecule has 20 heavy (non-hydrogen) atoms. The highest BCUT2D eigenvalue weighted by Gasteiger charge is 2.22. The molecular weight excluding hydrogens is 299 g/mol. The molecule has 0 aliphatic carbocycles. The Labute approximate surface area is 124 Å². The van der Waals surface area contributed by atoms with Crippen molar-refractivity contribution in [1.82, 2.24) is 5.16 Å². The summed E-state index contributed by atoms with van der Waals surface area (Å²) in [6.45, 7) is 0. The van der Waals surface area contributed by atoms with Gasteiger partial charge in [0, 0.05) is 10.0 Å². The maximum Gasteiger partial charge on any atom is 0.383 e. The van der Waals surface area contributed by atoms with E-state index in [4.69, 9.17) is 27.7 Å². The van der Waals surface area contributed by atoms with Crippen LogP contribution in [-0.2, 0) is 0 Å². The van der Waals surface area contributed by atoms with Gasteiger partial charge in [0.1, 0.15) is 0 Å². The highest BCUT2D eigenvalue weighted by molar-refractivity contribution is 6.30. The van der Waals surface area contributed by atoms with Gasteiger partial charge in [-0.3, -0.25) is 0 Å². The van der Waals surface area contributed by atoms with E-state index < -0.39 is 0 Å². The van der Waals surface area contributed by atoms with Crippen molar-refractivity contribution in [1.29, 1.82) is 0 Å². The van der Waals surface area contributed by atoms with Crippen LogP contribution in [0.4, 0.5) is 0 Å². The van der Waals surface area contributed by atoms with Gasteiger partial charge in [-0.05, 0) is 48.5 Å². The van der Waals surface area contributed by atoms with Crippen molar-refractivity contribution in [2.75, 3.05) is 0 Å². The van der Waals surface area contributed by atoms with Gasteiger partial charge >= 0.3 is 11.7 Å². The second-order valence-electron chi connectivity index (χ2n) is 4.12. The predicted octanol–water partition coefficient (Wildman–Crippen LogP) is 3.95. The molecule has 0 fully saturated rings. The zero-order valence-electron chi connectivity index (χ0n) is 10.1. The van der Waals surface area contributed by atoms with Crippen LogP contribution in [0.3, 0.4) is 0 Å². The maximum absolute atomic E-state index is 12.2. The van der Waals surface area contributed by atoms with Gasteiger partial charge in [-0.25, -0.2) is 4.52 Å². The largest absolute Gasteiger partial charge is 0.708 e. The van der Waals surface area contributed by atoms with Crippen LogP contribution in [-0.4, -0.2) is 5.16 Å². The van der Waals surface area contributed by atoms with Gasteiger partial charge in [0.05, 0.1) is 11.1 Å². The van der Waals surface area contributed by atoms with Gasteiger partial charge in [-0.1, -0.05) is 23.2 Å². The van der Waals surface area contributed by atoms with Crippen molar-refractivity contribution >= 4 is 23.2 Å². The molecule has 3 aromatic rings. The van der Waals surface area contributed by atoms with Crippen LogP contribution in [0, 0.1) is 5.21 Å². The molecule has 0 spiro atoms. The lowest BCUT2D eigenvalue weighted by Gasteiger charge is -2.02. The molecule has 0 N–H and O–H groups in total. The van der Waals surface area contributed by atoms with Crippen LogP contribution >= 0.6 is 23.2 Å². The molecule has 0 bridgehead atoms. The summed E-state index contributed by atoms with van der Waals surface area (Å²) in [7, 11) is 0. The lowest BCUT2D eigenvalue weighted by molar-refractivity contribution is -0.585. The minimum atomic E-state index is 0.117. The fourth-order valence-electron chi connectivity index (χ4n) is 1.79. The van der Waals surface area contributed by atoms with Gasteiger partial charge < -0.3 is 5.21 Å². The van der Waals surface area contributed by atoms with E-state index >= 15 is 0 Å². The average Bonchev–Trinajstić information content (AvgIpc) is 2.83. The van der Waals surface area contributed by atoms with E-state index in [1.807, 2.05) is 0 Å². The second-order valence-corrected chi connectivity index (χ2v) is 4.99. The number of nitrogens with zero attached hydrogens (tertiary/aromatic N) is 2. The van der Waals surface area contributed by atoms with Gasteiger partial charge in [0.25, 0.3) is 0 Å².